The van der Waals surface area contributed by atoms with Crippen LogP contribution in [-0.2, 0) is 13.1 Å². The molecule has 3 aromatic rings. The Hall–Kier alpha value is -3.43. The van der Waals surface area contributed by atoms with Gasteiger partial charge in [0.15, 0.2) is 23.0 Å². The first-order chi connectivity index (χ1) is 14.9. The van der Waals surface area contributed by atoms with E-state index < -0.39 is 6.61 Å². The van der Waals surface area contributed by atoms with Crippen LogP contribution in [0.1, 0.15) is 40.2 Å². The molecule has 0 spiro atoms. The van der Waals surface area contributed by atoms with E-state index in [1.54, 1.807) is 34.0 Å². The molecule has 4 rings (SSSR count). The zero-order chi connectivity index (χ0) is 22.0. The Morgan fingerprint density at radius 1 is 1.32 bits per heavy atom. The molecule has 0 unspecified atom stereocenters. The summed E-state index contributed by atoms with van der Waals surface area (Å²) in [6, 6.07) is 6.36. The van der Waals surface area contributed by atoms with E-state index in [1.807, 2.05) is 13.1 Å². The fourth-order valence-corrected chi connectivity index (χ4v) is 3.30. The van der Waals surface area contributed by atoms with Gasteiger partial charge in [-0.1, -0.05) is 11.2 Å². The van der Waals surface area contributed by atoms with Crippen LogP contribution < -0.4 is 9.47 Å². The zero-order valence-corrected chi connectivity index (χ0v) is 17.1. The van der Waals surface area contributed by atoms with Crippen molar-refractivity contribution in [1.82, 2.24) is 19.8 Å². The summed E-state index contributed by atoms with van der Waals surface area (Å²) < 4.78 is 41.7. The SMILES string of the molecule is COc1cc(CN(C(=O)c2cc(Cn3cc(C)cn3)on2)C2CC2)ccc1OC(F)F. The summed E-state index contributed by atoms with van der Waals surface area (Å²) in [5, 5.41) is 8.14. The maximum atomic E-state index is 13.1. The number of carbonyl (C=O) groups is 1. The fraction of sp³-hybridized carbons (Fsp3) is 0.381. The third-order valence-corrected chi connectivity index (χ3v) is 4.90. The zero-order valence-electron chi connectivity index (χ0n) is 17.1. The van der Waals surface area contributed by atoms with Crippen molar-refractivity contribution in [3.8, 4) is 11.5 Å². The summed E-state index contributed by atoms with van der Waals surface area (Å²) in [4.78, 5) is 14.8. The molecule has 2 heterocycles. The molecular formula is C21H22F2N4O4. The van der Waals surface area contributed by atoms with Crippen LogP contribution in [0.5, 0.6) is 11.5 Å². The predicted octanol–water partition coefficient (Wildman–Crippen LogP) is 3.64. The van der Waals surface area contributed by atoms with Crippen LogP contribution in [0.25, 0.3) is 0 Å². The van der Waals surface area contributed by atoms with Crippen molar-refractivity contribution in [2.75, 3.05) is 7.11 Å². The molecule has 0 atom stereocenters. The summed E-state index contributed by atoms with van der Waals surface area (Å²) in [5.74, 6) is 0.401. The molecule has 10 heteroatoms. The van der Waals surface area contributed by atoms with Crippen LogP contribution >= 0.6 is 0 Å². The number of hydrogen-bond acceptors (Lipinski definition) is 6. The first kappa shape index (κ1) is 20.8. The average molecular weight is 432 g/mol. The van der Waals surface area contributed by atoms with E-state index in [1.165, 1.54) is 13.2 Å². The molecule has 0 N–H and O–H groups in total. The highest BCUT2D eigenvalue weighted by Crippen LogP contribution is 2.33. The summed E-state index contributed by atoms with van der Waals surface area (Å²) >= 11 is 0. The third kappa shape index (κ3) is 5.01. The lowest BCUT2D eigenvalue weighted by Gasteiger charge is -2.22. The Balaban J connectivity index is 1.48. The van der Waals surface area contributed by atoms with E-state index in [4.69, 9.17) is 9.26 Å². The Morgan fingerprint density at radius 2 is 2.13 bits per heavy atom. The van der Waals surface area contributed by atoms with Crippen LogP contribution in [0.4, 0.5) is 8.78 Å². The number of halogens is 2. The molecule has 31 heavy (non-hydrogen) atoms. The fourth-order valence-electron chi connectivity index (χ4n) is 3.30. The second-order valence-electron chi connectivity index (χ2n) is 7.42. The number of aryl methyl sites for hydroxylation is 1. The quantitative estimate of drug-likeness (QED) is 0.513. The standard InChI is InChI=1S/C21H22F2N4O4/c1-13-9-24-26(10-13)12-16-8-17(25-31-16)20(28)27(15-4-5-15)11-14-3-6-18(30-21(22)23)19(7-14)29-2/h3,6-10,15,21H,4-5,11-12H2,1-2H3. The molecule has 0 aliphatic heterocycles. The van der Waals surface area contributed by atoms with Crippen molar-refractivity contribution in [2.24, 2.45) is 0 Å². The van der Waals surface area contributed by atoms with Crippen LogP contribution in [0.3, 0.4) is 0 Å². The van der Waals surface area contributed by atoms with E-state index in [9.17, 15) is 13.6 Å². The van der Waals surface area contributed by atoms with Crippen LogP contribution in [-0.4, -0.2) is 45.5 Å². The van der Waals surface area contributed by atoms with Gasteiger partial charge in [0.05, 0.1) is 13.3 Å². The molecule has 8 nitrogen and oxygen atoms in total. The summed E-state index contributed by atoms with van der Waals surface area (Å²) in [6.45, 7) is -0.347. The largest absolute Gasteiger partial charge is 0.493 e. The first-order valence-corrected chi connectivity index (χ1v) is 9.80. The minimum atomic E-state index is -2.95. The molecule has 0 radical (unpaired) electrons. The molecule has 0 saturated heterocycles. The van der Waals surface area contributed by atoms with E-state index >= 15 is 0 Å². The minimum absolute atomic E-state index is 0.0550. The smallest absolute Gasteiger partial charge is 0.387 e. The topological polar surface area (TPSA) is 82.6 Å². The van der Waals surface area contributed by atoms with Crippen molar-refractivity contribution in [3.05, 3.63) is 59.2 Å². The van der Waals surface area contributed by atoms with Crippen molar-refractivity contribution in [3.63, 3.8) is 0 Å². The highest BCUT2D eigenvalue weighted by atomic mass is 19.3. The van der Waals surface area contributed by atoms with E-state index in [0.717, 1.165) is 24.0 Å². The number of methoxy groups -OCH3 is 1. The average Bonchev–Trinajstić information content (AvgIpc) is 3.34. The number of rotatable bonds is 9. The molecule has 2 aromatic heterocycles. The lowest BCUT2D eigenvalue weighted by atomic mass is 10.1. The van der Waals surface area contributed by atoms with Gasteiger partial charge in [0, 0.05) is 24.8 Å². The molecule has 1 amide bonds. The van der Waals surface area contributed by atoms with Crippen molar-refractivity contribution in [1.29, 1.82) is 0 Å². The normalized spacial score (nSPS) is 13.5. The highest BCUT2D eigenvalue weighted by Gasteiger charge is 2.34. The van der Waals surface area contributed by atoms with Gasteiger partial charge in [-0.15, -0.1) is 0 Å². The maximum Gasteiger partial charge on any atom is 0.387 e. The monoisotopic (exact) mass is 432 g/mol. The van der Waals surface area contributed by atoms with Gasteiger partial charge in [0.2, 0.25) is 0 Å². The second kappa shape index (κ2) is 8.75. The Morgan fingerprint density at radius 3 is 2.77 bits per heavy atom. The lowest BCUT2D eigenvalue weighted by Crippen LogP contribution is -2.32. The van der Waals surface area contributed by atoms with Gasteiger partial charge >= 0.3 is 6.61 Å². The van der Waals surface area contributed by atoms with Crippen LogP contribution in [0.15, 0.2) is 41.2 Å². The maximum absolute atomic E-state index is 13.1. The molecule has 1 aliphatic rings. The number of nitrogens with zero attached hydrogens (tertiary/aromatic N) is 4. The van der Waals surface area contributed by atoms with Gasteiger partial charge in [-0.2, -0.15) is 13.9 Å². The van der Waals surface area contributed by atoms with Crippen molar-refractivity contribution < 1.29 is 27.6 Å². The van der Waals surface area contributed by atoms with Gasteiger partial charge in [-0.3, -0.25) is 9.48 Å². The highest BCUT2D eigenvalue weighted by molar-refractivity contribution is 5.92. The lowest BCUT2D eigenvalue weighted by molar-refractivity contribution is -0.0512. The van der Waals surface area contributed by atoms with Crippen LogP contribution in [0.2, 0.25) is 0 Å². The number of benzene rings is 1. The minimum Gasteiger partial charge on any atom is -0.493 e. The summed E-state index contributed by atoms with van der Waals surface area (Å²) in [5.41, 5.74) is 1.97. The van der Waals surface area contributed by atoms with Crippen LogP contribution in [0, 0.1) is 6.92 Å². The van der Waals surface area contributed by atoms with Gasteiger partial charge in [-0.25, -0.2) is 0 Å². The first-order valence-electron chi connectivity index (χ1n) is 9.80. The summed E-state index contributed by atoms with van der Waals surface area (Å²) in [7, 11) is 1.37. The second-order valence-corrected chi connectivity index (χ2v) is 7.42. The van der Waals surface area contributed by atoms with Gasteiger partial charge < -0.3 is 18.9 Å². The molecule has 1 fully saturated rings. The molecular weight excluding hydrogens is 410 g/mol. The molecule has 0 bridgehead atoms. The molecule has 1 saturated carbocycles. The molecule has 1 aromatic carbocycles. The van der Waals surface area contributed by atoms with Gasteiger partial charge in [0.1, 0.15) is 6.54 Å². The number of alkyl halides is 2. The van der Waals surface area contributed by atoms with Gasteiger partial charge in [0.25, 0.3) is 5.91 Å². The third-order valence-electron chi connectivity index (χ3n) is 4.90. The van der Waals surface area contributed by atoms with E-state index in [-0.39, 0.29) is 35.7 Å². The number of carbonyl (C=O) groups excluding carboxylic acids is 1. The van der Waals surface area contributed by atoms with Crippen molar-refractivity contribution in [2.45, 2.75) is 45.5 Å². The Kier molecular flexibility index (Phi) is 5.88. The molecule has 164 valence electrons. The van der Waals surface area contributed by atoms with E-state index in [0.29, 0.717) is 12.3 Å². The van der Waals surface area contributed by atoms with Crippen molar-refractivity contribution >= 4 is 5.91 Å². The Labute approximate surface area is 177 Å². The number of aromatic nitrogens is 3. The predicted molar refractivity (Wildman–Crippen MR) is 105 cm³/mol. The number of hydrogen-bond donors (Lipinski definition) is 0. The molecule has 1 aliphatic carbocycles. The number of ether oxygens (including phenoxy) is 2. The Bertz CT molecular complexity index is 1060. The van der Waals surface area contributed by atoms with Gasteiger partial charge in [-0.05, 0) is 43.0 Å². The summed E-state index contributed by atoms with van der Waals surface area (Å²) in [6.07, 6.45) is 5.40. The van der Waals surface area contributed by atoms with E-state index in [2.05, 4.69) is 15.0 Å². The number of amides is 1.